The standard InChI is InChI=1S/C20H18O6/c1-9-20(2,3)17-15(26-9)7-14-16(19(17)24)18(23)12(8-25-14)11-5-4-10(21)6-13(11)22/h4-9,21-22,24H,1-3H3/t9-/m1/s1. The number of aromatic hydroxyl groups is 3. The highest BCUT2D eigenvalue weighted by molar-refractivity contribution is 5.91. The van der Waals surface area contributed by atoms with Crippen LogP contribution >= 0.6 is 0 Å². The van der Waals surface area contributed by atoms with Crippen LogP contribution in [0.5, 0.6) is 23.0 Å². The number of ether oxygens (including phenoxy) is 1. The van der Waals surface area contributed by atoms with Gasteiger partial charge in [0.05, 0.1) is 5.56 Å². The average molecular weight is 354 g/mol. The second-order valence-electron chi connectivity index (χ2n) is 7.13. The molecule has 6 heteroatoms. The molecule has 1 aliphatic rings. The first-order valence-corrected chi connectivity index (χ1v) is 8.22. The van der Waals surface area contributed by atoms with Gasteiger partial charge in [0.25, 0.3) is 0 Å². The summed E-state index contributed by atoms with van der Waals surface area (Å²) in [5.41, 5.74) is 0.131. The van der Waals surface area contributed by atoms with Gasteiger partial charge in [-0.05, 0) is 19.1 Å². The highest BCUT2D eigenvalue weighted by atomic mass is 16.5. The first-order chi connectivity index (χ1) is 12.2. The second kappa shape index (κ2) is 5.17. The number of hydrogen-bond acceptors (Lipinski definition) is 6. The van der Waals surface area contributed by atoms with Gasteiger partial charge in [-0.2, -0.15) is 0 Å². The van der Waals surface area contributed by atoms with Crippen molar-refractivity contribution >= 4 is 11.0 Å². The molecule has 0 bridgehead atoms. The molecule has 0 amide bonds. The van der Waals surface area contributed by atoms with Crippen molar-refractivity contribution in [3.05, 3.63) is 46.3 Å². The van der Waals surface area contributed by atoms with Gasteiger partial charge in [-0.1, -0.05) is 13.8 Å². The van der Waals surface area contributed by atoms with Crippen LogP contribution < -0.4 is 10.2 Å². The first kappa shape index (κ1) is 16.3. The quantitative estimate of drug-likeness (QED) is 0.617. The van der Waals surface area contributed by atoms with Gasteiger partial charge >= 0.3 is 0 Å². The van der Waals surface area contributed by atoms with Crippen molar-refractivity contribution in [3.63, 3.8) is 0 Å². The summed E-state index contributed by atoms with van der Waals surface area (Å²) in [5.74, 6) is -0.0452. The number of rotatable bonds is 1. The van der Waals surface area contributed by atoms with Crippen LogP contribution in [0.2, 0.25) is 0 Å². The molecule has 4 rings (SSSR count). The maximum absolute atomic E-state index is 13.0. The minimum absolute atomic E-state index is 0.0412. The van der Waals surface area contributed by atoms with Crippen molar-refractivity contribution in [2.75, 3.05) is 0 Å². The average Bonchev–Trinajstić information content (AvgIpc) is 2.78. The van der Waals surface area contributed by atoms with Crippen molar-refractivity contribution < 1.29 is 24.5 Å². The second-order valence-corrected chi connectivity index (χ2v) is 7.13. The van der Waals surface area contributed by atoms with Crippen LogP contribution in [0, 0.1) is 0 Å². The van der Waals surface area contributed by atoms with Gasteiger partial charge < -0.3 is 24.5 Å². The zero-order valence-electron chi connectivity index (χ0n) is 14.5. The van der Waals surface area contributed by atoms with Crippen LogP contribution in [0.15, 0.2) is 39.7 Å². The molecule has 0 spiro atoms. The predicted octanol–water partition coefficient (Wildman–Crippen LogP) is 3.64. The van der Waals surface area contributed by atoms with Gasteiger partial charge in [0.15, 0.2) is 0 Å². The van der Waals surface area contributed by atoms with E-state index in [9.17, 15) is 20.1 Å². The van der Waals surface area contributed by atoms with Crippen molar-refractivity contribution in [2.45, 2.75) is 32.3 Å². The zero-order valence-corrected chi connectivity index (χ0v) is 14.5. The van der Waals surface area contributed by atoms with Crippen molar-refractivity contribution in [2.24, 2.45) is 0 Å². The Bertz CT molecular complexity index is 1110. The van der Waals surface area contributed by atoms with Crippen molar-refractivity contribution in [3.8, 4) is 34.1 Å². The fraction of sp³-hybridized carbons (Fsp3) is 0.250. The summed E-state index contributed by atoms with van der Waals surface area (Å²) in [4.78, 5) is 13.0. The van der Waals surface area contributed by atoms with Crippen molar-refractivity contribution in [1.29, 1.82) is 0 Å². The molecule has 0 saturated heterocycles. The van der Waals surface area contributed by atoms with E-state index in [1.54, 1.807) is 6.07 Å². The highest BCUT2D eigenvalue weighted by Crippen LogP contribution is 2.50. The zero-order chi connectivity index (χ0) is 18.8. The molecule has 26 heavy (non-hydrogen) atoms. The SMILES string of the molecule is C[C@H]1Oc2cc3occ(-c4ccc(O)cc4O)c(=O)c3c(O)c2C1(C)C. The van der Waals surface area contributed by atoms with E-state index < -0.39 is 10.8 Å². The monoisotopic (exact) mass is 354 g/mol. The summed E-state index contributed by atoms with van der Waals surface area (Å²) in [5, 5.41) is 30.4. The highest BCUT2D eigenvalue weighted by Gasteiger charge is 2.42. The van der Waals surface area contributed by atoms with E-state index in [2.05, 4.69) is 0 Å². The van der Waals surface area contributed by atoms with E-state index in [4.69, 9.17) is 9.15 Å². The number of benzene rings is 2. The van der Waals surface area contributed by atoms with Crippen LogP contribution in [0.25, 0.3) is 22.1 Å². The topological polar surface area (TPSA) is 100 Å². The van der Waals surface area contributed by atoms with Crippen LogP contribution in [0.1, 0.15) is 26.3 Å². The third kappa shape index (κ3) is 2.08. The van der Waals surface area contributed by atoms with Gasteiger partial charge in [0.2, 0.25) is 5.43 Å². The summed E-state index contributed by atoms with van der Waals surface area (Å²) in [6.07, 6.45) is 1.06. The normalized spacial score (nSPS) is 17.9. The Morgan fingerprint density at radius 3 is 2.50 bits per heavy atom. The number of fused-ring (bicyclic) bond motifs is 2. The van der Waals surface area contributed by atoms with Gasteiger partial charge in [-0.25, -0.2) is 0 Å². The third-order valence-electron chi connectivity index (χ3n) is 5.24. The van der Waals surface area contributed by atoms with Gasteiger partial charge in [0.1, 0.15) is 46.3 Å². The van der Waals surface area contributed by atoms with Gasteiger partial charge in [0, 0.05) is 28.7 Å². The minimum Gasteiger partial charge on any atom is -0.508 e. The molecule has 0 fully saturated rings. The van der Waals surface area contributed by atoms with Gasteiger partial charge in [-0.3, -0.25) is 4.79 Å². The third-order valence-corrected chi connectivity index (χ3v) is 5.24. The Balaban J connectivity index is 2.04. The molecule has 3 N–H and O–H groups in total. The van der Waals surface area contributed by atoms with E-state index in [1.807, 2.05) is 20.8 Å². The molecule has 0 radical (unpaired) electrons. The maximum Gasteiger partial charge on any atom is 0.204 e. The minimum atomic E-state index is -0.475. The summed E-state index contributed by atoms with van der Waals surface area (Å²) in [6, 6.07) is 5.53. The Hall–Kier alpha value is -3.15. The Morgan fingerprint density at radius 2 is 1.81 bits per heavy atom. The molecule has 3 aromatic rings. The molecule has 1 aliphatic heterocycles. The summed E-state index contributed by atoms with van der Waals surface area (Å²) in [7, 11) is 0. The molecule has 0 saturated carbocycles. The molecule has 2 aromatic carbocycles. The smallest absolute Gasteiger partial charge is 0.204 e. The van der Waals surface area contributed by atoms with Gasteiger partial charge in [-0.15, -0.1) is 0 Å². The van der Waals surface area contributed by atoms with E-state index in [-0.39, 0.29) is 45.4 Å². The summed E-state index contributed by atoms with van der Waals surface area (Å²) in [6.45, 7) is 5.78. The molecule has 1 aromatic heterocycles. The Morgan fingerprint density at radius 1 is 1.08 bits per heavy atom. The Labute approximate surface area is 148 Å². The lowest BCUT2D eigenvalue weighted by molar-refractivity contribution is 0.185. The molecule has 0 unspecified atom stereocenters. The summed E-state index contributed by atoms with van der Waals surface area (Å²) >= 11 is 0. The predicted molar refractivity (Wildman–Crippen MR) is 96.0 cm³/mol. The molecule has 0 aliphatic carbocycles. The van der Waals surface area contributed by atoms with Crippen LogP contribution in [-0.4, -0.2) is 21.4 Å². The Kier molecular flexibility index (Phi) is 3.25. The van der Waals surface area contributed by atoms with E-state index in [1.165, 1.54) is 18.4 Å². The van der Waals surface area contributed by atoms with Crippen molar-refractivity contribution in [1.82, 2.24) is 0 Å². The maximum atomic E-state index is 13.0. The lowest BCUT2D eigenvalue weighted by atomic mass is 9.80. The largest absolute Gasteiger partial charge is 0.508 e. The molecule has 134 valence electrons. The lowest BCUT2D eigenvalue weighted by Crippen LogP contribution is -2.29. The fourth-order valence-electron chi connectivity index (χ4n) is 3.44. The molecule has 2 heterocycles. The molecular weight excluding hydrogens is 336 g/mol. The van der Waals surface area contributed by atoms with E-state index in [0.29, 0.717) is 11.3 Å². The first-order valence-electron chi connectivity index (χ1n) is 8.22. The molecular formula is C20H18O6. The number of phenols is 3. The number of hydrogen-bond donors (Lipinski definition) is 3. The molecule has 1 atom stereocenters. The van der Waals surface area contributed by atoms with E-state index >= 15 is 0 Å². The lowest BCUT2D eigenvalue weighted by Gasteiger charge is -2.22. The summed E-state index contributed by atoms with van der Waals surface area (Å²) < 4.78 is 11.4. The van der Waals surface area contributed by atoms with Crippen LogP contribution in [0.4, 0.5) is 0 Å². The molecule has 6 nitrogen and oxygen atoms in total. The van der Waals surface area contributed by atoms with E-state index in [0.717, 1.165) is 6.07 Å². The van der Waals surface area contributed by atoms with Crippen LogP contribution in [0.3, 0.4) is 0 Å². The fourth-order valence-corrected chi connectivity index (χ4v) is 3.44. The number of phenolic OH excluding ortho intramolecular Hbond substituents is 3. The van der Waals surface area contributed by atoms with Crippen LogP contribution in [-0.2, 0) is 5.41 Å².